The Kier molecular flexibility index (Phi) is 5.50. The number of ether oxygens (including phenoxy) is 1. The van der Waals surface area contributed by atoms with Crippen LogP contribution in [-0.2, 0) is 4.74 Å². The topological polar surface area (TPSA) is 83.8 Å². The summed E-state index contributed by atoms with van der Waals surface area (Å²) in [5.74, 6) is -0.0355. The minimum Gasteiger partial charge on any atom is -0.459 e. The fourth-order valence-electron chi connectivity index (χ4n) is 2.43. The number of carbonyl (C=O) groups is 2. The smallest absolute Gasteiger partial charge is 0.317 e. The van der Waals surface area contributed by atoms with Crippen LogP contribution in [0.15, 0.2) is 40.3 Å². The molecule has 0 bridgehead atoms. The Morgan fingerprint density at radius 2 is 2.12 bits per heavy atom. The highest BCUT2D eigenvalue weighted by molar-refractivity contribution is 7.10. The molecule has 3 rings (SSSR count). The zero-order chi connectivity index (χ0) is 16.8. The molecule has 2 N–H and O–H groups in total. The van der Waals surface area contributed by atoms with Crippen molar-refractivity contribution in [3.05, 3.63) is 46.5 Å². The maximum absolute atomic E-state index is 12.2. The van der Waals surface area contributed by atoms with Crippen LogP contribution in [0.4, 0.5) is 4.79 Å². The Morgan fingerprint density at radius 3 is 2.88 bits per heavy atom. The molecule has 3 heterocycles. The first kappa shape index (κ1) is 16.5. The molecule has 1 aliphatic rings. The lowest BCUT2D eigenvalue weighted by atomic mass is 10.2. The van der Waals surface area contributed by atoms with E-state index in [-0.39, 0.29) is 23.8 Å². The molecule has 0 saturated carbocycles. The standard InChI is InChI=1S/C16H19N3O4S/c20-15(12-3-1-8-22-12)17-5-6-18-16(21)19-7-9-23-13(11-19)14-4-2-10-24-14/h1-4,8,10,13H,5-7,9,11H2,(H,17,20)(H,18,21)/t13-/m1/s1. The van der Waals surface area contributed by atoms with E-state index in [1.807, 2.05) is 17.5 Å². The first-order valence-electron chi connectivity index (χ1n) is 7.73. The number of carbonyl (C=O) groups excluding carboxylic acids is 2. The molecule has 1 aliphatic heterocycles. The molecular formula is C16H19N3O4S. The number of morpholine rings is 1. The molecule has 1 atom stereocenters. The van der Waals surface area contributed by atoms with Crippen LogP contribution in [0.2, 0.25) is 0 Å². The van der Waals surface area contributed by atoms with Crippen LogP contribution >= 0.6 is 11.3 Å². The summed E-state index contributed by atoms with van der Waals surface area (Å²) in [5.41, 5.74) is 0. The van der Waals surface area contributed by atoms with Gasteiger partial charge in [0.05, 0.1) is 19.4 Å². The van der Waals surface area contributed by atoms with Crippen LogP contribution in [0.1, 0.15) is 21.5 Å². The lowest BCUT2D eigenvalue weighted by molar-refractivity contribution is -0.0135. The number of rotatable bonds is 5. The van der Waals surface area contributed by atoms with E-state index in [1.165, 1.54) is 6.26 Å². The normalized spacial score (nSPS) is 17.5. The van der Waals surface area contributed by atoms with E-state index >= 15 is 0 Å². The van der Waals surface area contributed by atoms with Crippen molar-refractivity contribution in [2.45, 2.75) is 6.10 Å². The second-order valence-corrected chi connectivity index (χ2v) is 6.27. The van der Waals surface area contributed by atoms with E-state index in [0.29, 0.717) is 32.8 Å². The molecule has 0 aromatic carbocycles. The van der Waals surface area contributed by atoms with Crippen molar-refractivity contribution < 1.29 is 18.7 Å². The molecule has 128 valence electrons. The number of hydrogen-bond acceptors (Lipinski definition) is 5. The van der Waals surface area contributed by atoms with Crippen molar-refractivity contribution in [1.82, 2.24) is 15.5 Å². The zero-order valence-electron chi connectivity index (χ0n) is 13.1. The lowest BCUT2D eigenvalue weighted by Crippen LogP contribution is -2.48. The minimum atomic E-state index is -0.293. The zero-order valence-corrected chi connectivity index (χ0v) is 13.9. The summed E-state index contributed by atoms with van der Waals surface area (Å²) in [6, 6.07) is 7.09. The summed E-state index contributed by atoms with van der Waals surface area (Å²) < 4.78 is 10.7. The van der Waals surface area contributed by atoms with Crippen molar-refractivity contribution in [2.24, 2.45) is 0 Å². The Balaban J connectivity index is 1.39. The third kappa shape index (κ3) is 4.15. The third-order valence-corrected chi connectivity index (χ3v) is 4.61. The summed E-state index contributed by atoms with van der Waals surface area (Å²) in [7, 11) is 0. The molecule has 0 aliphatic carbocycles. The summed E-state index contributed by atoms with van der Waals surface area (Å²) in [4.78, 5) is 26.8. The predicted octanol–water partition coefficient (Wildman–Crippen LogP) is 1.85. The molecule has 3 amide bonds. The van der Waals surface area contributed by atoms with E-state index in [1.54, 1.807) is 28.4 Å². The van der Waals surface area contributed by atoms with Crippen LogP contribution in [-0.4, -0.2) is 49.6 Å². The molecule has 0 unspecified atom stereocenters. The van der Waals surface area contributed by atoms with Gasteiger partial charge in [-0.05, 0) is 23.6 Å². The second-order valence-electron chi connectivity index (χ2n) is 5.29. The number of urea groups is 1. The number of nitrogens with one attached hydrogen (secondary N) is 2. The first-order chi connectivity index (χ1) is 11.7. The van der Waals surface area contributed by atoms with E-state index in [4.69, 9.17) is 9.15 Å². The largest absolute Gasteiger partial charge is 0.459 e. The fourth-order valence-corrected chi connectivity index (χ4v) is 3.20. The van der Waals surface area contributed by atoms with Crippen molar-refractivity contribution in [3.8, 4) is 0 Å². The van der Waals surface area contributed by atoms with Gasteiger partial charge in [0.15, 0.2) is 5.76 Å². The van der Waals surface area contributed by atoms with Crippen molar-refractivity contribution in [3.63, 3.8) is 0 Å². The van der Waals surface area contributed by atoms with Gasteiger partial charge in [0, 0.05) is 24.5 Å². The first-order valence-corrected chi connectivity index (χ1v) is 8.61. The van der Waals surface area contributed by atoms with Crippen molar-refractivity contribution in [2.75, 3.05) is 32.8 Å². The van der Waals surface area contributed by atoms with E-state index in [0.717, 1.165) is 4.88 Å². The van der Waals surface area contributed by atoms with Crippen LogP contribution in [0, 0.1) is 0 Å². The molecule has 0 spiro atoms. The van der Waals surface area contributed by atoms with Gasteiger partial charge in [-0.25, -0.2) is 4.79 Å². The summed E-state index contributed by atoms with van der Waals surface area (Å²) in [6.07, 6.45) is 1.38. The number of nitrogens with zero attached hydrogens (tertiary/aromatic N) is 1. The van der Waals surface area contributed by atoms with Crippen molar-refractivity contribution >= 4 is 23.3 Å². The van der Waals surface area contributed by atoms with Gasteiger partial charge in [-0.2, -0.15) is 0 Å². The third-order valence-electron chi connectivity index (χ3n) is 3.65. The van der Waals surface area contributed by atoms with Gasteiger partial charge in [-0.15, -0.1) is 11.3 Å². The molecular weight excluding hydrogens is 330 g/mol. The van der Waals surface area contributed by atoms with Crippen LogP contribution in [0.3, 0.4) is 0 Å². The highest BCUT2D eigenvalue weighted by Gasteiger charge is 2.25. The number of hydrogen-bond donors (Lipinski definition) is 2. The van der Waals surface area contributed by atoms with Crippen LogP contribution < -0.4 is 10.6 Å². The van der Waals surface area contributed by atoms with E-state index in [9.17, 15) is 9.59 Å². The molecule has 8 heteroatoms. The fraction of sp³-hybridized carbons (Fsp3) is 0.375. The Bertz CT molecular complexity index is 657. The maximum Gasteiger partial charge on any atom is 0.317 e. The van der Waals surface area contributed by atoms with Gasteiger partial charge < -0.3 is 24.7 Å². The van der Waals surface area contributed by atoms with Gasteiger partial charge in [0.25, 0.3) is 5.91 Å². The molecule has 1 fully saturated rings. The number of amides is 3. The van der Waals surface area contributed by atoms with Gasteiger partial charge in [-0.3, -0.25) is 4.79 Å². The van der Waals surface area contributed by atoms with Gasteiger partial charge >= 0.3 is 6.03 Å². The van der Waals surface area contributed by atoms with E-state index < -0.39 is 0 Å². The summed E-state index contributed by atoms with van der Waals surface area (Å²) >= 11 is 1.63. The monoisotopic (exact) mass is 349 g/mol. The molecule has 24 heavy (non-hydrogen) atoms. The molecule has 2 aromatic rings. The molecule has 7 nitrogen and oxygen atoms in total. The summed E-state index contributed by atoms with van der Waals surface area (Å²) in [5, 5.41) is 7.49. The molecule has 2 aromatic heterocycles. The quantitative estimate of drug-likeness (QED) is 0.807. The van der Waals surface area contributed by atoms with Gasteiger partial charge in [-0.1, -0.05) is 6.07 Å². The van der Waals surface area contributed by atoms with Crippen molar-refractivity contribution in [1.29, 1.82) is 0 Å². The van der Waals surface area contributed by atoms with Crippen LogP contribution in [0.25, 0.3) is 0 Å². The Labute approximate surface area is 143 Å². The number of thiophene rings is 1. The van der Waals surface area contributed by atoms with Gasteiger partial charge in [0.2, 0.25) is 0 Å². The Morgan fingerprint density at radius 1 is 1.25 bits per heavy atom. The minimum absolute atomic E-state index is 0.0665. The summed E-state index contributed by atoms with van der Waals surface area (Å²) in [6.45, 7) is 2.30. The lowest BCUT2D eigenvalue weighted by Gasteiger charge is -2.32. The maximum atomic E-state index is 12.2. The average molecular weight is 349 g/mol. The average Bonchev–Trinajstić information content (AvgIpc) is 3.32. The predicted molar refractivity (Wildman–Crippen MR) is 89.0 cm³/mol. The molecule has 0 radical (unpaired) electrons. The highest BCUT2D eigenvalue weighted by atomic mass is 32.1. The number of furan rings is 1. The Hall–Kier alpha value is -2.32. The van der Waals surface area contributed by atoms with Crippen LogP contribution in [0.5, 0.6) is 0 Å². The molecule has 1 saturated heterocycles. The SMILES string of the molecule is O=C(NCCNC(=O)N1CCO[C@@H](c2cccs2)C1)c1ccco1. The van der Waals surface area contributed by atoms with E-state index in [2.05, 4.69) is 10.6 Å². The highest BCUT2D eigenvalue weighted by Crippen LogP contribution is 2.25. The second kappa shape index (κ2) is 7.98. The van der Waals surface area contributed by atoms with Gasteiger partial charge in [0.1, 0.15) is 6.10 Å².